The van der Waals surface area contributed by atoms with Crippen molar-refractivity contribution < 1.29 is 9.47 Å². The molecule has 7 heteroatoms. The van der Waals surface area contributed by atoms with Crippen LogP contribution in [0.3, 0.4) is 0 Å². The lowest BCUT2D eigenvalue weighted by Gasteiger charge is -2.23. The lowest BCUT2D eigenvalue weighted by molar-refractivity contribution is 0.405. The molecule has 0 bridgehead atoms. The lowest BCUT2D eigenvalue weighted by Crippen LogP contribution is -2.22. The second kappa shape index (κ2) is 8.25. The Morgan fingerprint density at radius 1 is 1.08 bits per heavy atom. The van der Waals surface area contributed by atoms with Crippen LogP contribution in [-0.2, 0) is 0 Å². The summed E-state index contributed by atoms with van der Waals surface area (Å²) in [5.41, 5.74) is 0.693. The minimum Gasteiger partial charge on any atom is -0.495 e. The van der Waals surface area contributed by atoms with Gasteiger partial charge in [0.1, 0.15) is 17.3 Å². The van der Waals surface area contributed by atoms with Crippen molar-refractivity contribution in [2.45, 2.75) is 38.1 Å². The number of nitrogens with one attached hydrogen (secondary N) is 2. The molecule has 1 fully saturated rings. The van der Waals surface area contributed by atoms with Crippen molar-refractivity contribution in [1.82, 2.24) is 9.97 Å². The van der Waals surface area contributed by atoms with Gasteiger partial charge in [-0.25, -0.2) is 4.98 Å². The topological polar surface area (TPSA) is 68.3 Å². The van der Waals surface area contributed by atoms with Crippen LogP contribution >= 0.6 is 11.6 Å². The van der Waals surface area contributed by atoms with Crippen molar-refractivity contribution in [3.05, 3.63) is 29.4 Å². The second-order valence-corrected chi connectivity index (χ2v) is 6.46. The van der Waals surface area contributed by atoms with Crippen molar-refractivity contribution in [3.63, 3.8) is 0 Å². The van der Waals surface area contributed by atoms with E-state index >= 15 is 0 Å². The van der Waals surface area contributed by atoms with Crippen LogP contribution in [0, 0.1) is 0 Å². The molecular weight excluding hydrogens is 340 g/mol. The number of methoxy groups -OCH3 is 2. The van der Waals surface area contributed by atoms with E-state index in [4.69, 9.17) is 21.1 Å². The Morgan fingerprint density at radius 3 is 2.56 bits per heavy atom. The molecule has 6 nitrogen and oxygen atoms in total. The van der Waals surface area contributed by atoms with E-state index < -0.39 is 0 Å². The van der Waals surface area contributed by atoms with E-state index in [1.165, 1.54) is 32.1 Å². The quantitative estimate of drug-likeness (QED) is 0.780. The fourth-order valence-corrected chi connectivity index (χ4v) is 3.26. The van der Waals surface area contributed by atoms with E-state index in [9.17, 15) is 0 Å². The molecule has 1 heterocycles. The van der Waals surface area contributed by atoms with Crippen LogP contribution < -0.4 is 20.1 Å². The van der Waals surface area contributed by atoms with E-state index in [1.54, 1.807) is 32.5 Å². The summed E-state index contributed by atoms with van der Waals surface area (Å²) in [7, 11) is 3.16. The highest BCUT2D eigenvalue weighted by molar-refractivity contribution is 6.32. The summed E-state index contributed by atoms with van der Waals surface area (Å²) in [6, 6.07) is 5.85. The number of halogens is 1. The third-order valence-corrected chi connectivity index (χ3v) is 4.63. The van der Waals surface area contributed by atoms with Crippen molar-refractivity contribution in [3.8, 4) is 11.5 Å². The predicted molar refractivity (Wildman–Crippen MR) is 100 cm³/mol. The molecule has 1 saturated carbocycles. The molecule has 1 aliphatic carbocycles. The number of hydrogen-bond donors (Lipinski definition) is 2. The number of nitrogens with zero attached hydrogens (tertiary/aromatic N) is 2. The molecule has 0 radical (unpaired) electrons. The summed E-state index contributed by atoms with van der Waals surface area (Å²) < 4.78 is 10.6. The van der Waals surface area contributed by atoms with Gasteiger partial charge in [-0.1, -0.05) is 30.9 Å². The number of anilines is 3. The van der Waals surface area contributed by atoms with Crippen LogP contribution in [0.25, 0.3) is 0 Å². The molecule has 1 aliphatic rings. The second-order valence-electron chi connectivity index (χ2n) is 6.06. The zero-order valence-corrected chi connectivity index (χ0v) is 15.3. The smallest absolute Gasteiger partial charge is 0.229 e. The van der Waals surface area contributed by atoms with Crippen LogP contribution in [0.2, 0.25) is 5.02 Å². The first-order valence-electron chi connectivity index (χ1n) is 8.47. The molecule has 0 unspecified atom stereocenters. The lowest BCUT2D eigenvalue weighted by atomic mass is 9.95. The first-order chi connectivity index (χ1) is 12.2. The number of aromatic nitrogens is 2. The van der Waals surface area contributed by atoms with Crippen LogP contribution in [0.1, 0.15) is 32.1 Å². The predicted octanol–water partition coefficient (Wildman–Crippen LogP) is 4.64. The molecule has 0 atom stereocenters. The fourth-order valence-electron chi connectivity index (χ4n) is 3.03. The Balaban J connectivity index is 1.77. The number of hydrogen-bond acceptors (Lipinski definition) is 6. The number of rotatable bonds is 6. The molecule has 0 saturated heterocycles. The summed E-state index contributed by atoms with van der Waals surface area (Å²) >= 11 is 6.14. The van der Waals surface area contributed by atoms with E-state index in [-0.39, 0.29) is 0 Å². The highest BCUT2D eigenvalue weighted by Crippen LogP contribution is 2.36. The number of benzene rings is 1. The van der Waals surface area contributed by atoms with Gasteiger partial charge in [0.05, 0.1) is 24.9 Å². The summed E-state index contributed by atoms with van der Waals surface area (Å²) in [6.45, 7) is 0. The maximum Gasteiger partial charge on any atom is 0.229 e. The van der Waals surface area contributed by atoms with Gasteiger partial charge in [-0.2, -0.15) is 4.98 Å². The molecule has 1 aromatic heterocycles. The molecule has 0 aliphatic heterocycles. The monoisotopic (exact) mass is 362 g/mol. The van der Waals surface area contributed by atoms with E-state index in [0.717, 1.165) is 5.82 Å². The molecule has 1 aromatic carbocycles. The van der Waals surface area contributed by atoms with Gasteiger partial charge >= 0.3 is 0 Å². The summed E-state index contributed by atoms with van der Waals surface area (Å²) in [6.07, 6.45) is 7.99. The van der Waals surface area contributed by atoms with Gasteiger partial charge in [-0.15, -0.1) is 0 Å². The van der Waals surface area contributed by atoms with E-state index in [0.29, 0.717) is 34.2 Å². The molecule has 134 valence electrons. The van der Waals surface area contributed by atoms with Crippen LogP contribution in [-0.4, -0.2) is 30.2 Å². The highest BCUT2D eigenvalue weighted by atomic mass is 35.5. The SMILES string of the molecule is COc1cc(Nc2nccc(NC3CCCCC3)n2)c(OC)cc1Cl. The first kappa shape index (κ1) is 17.6. The van der Waals surface area contributed by atoms with Crippen LogP contribution in [0.4, 0.5) is 17.5 Å². The maximum absolute atomic E-state index is 6.14. The average molecular weight is 363 g/mol. The third-order valence-electron chi connectivity index (χ3n) is 4.33. The average Bonchev–Trinajstić information content (AvgIpc) is 2.64. The van der Waals surface area contributed by atoms with Gasteiger partial charge in [0, 0.05) is 24.4 Å². The van der Waals surface area contributed by atoms with Gasteiger partial charge in [0.2, 0.25) is 5.95 Å². The normalized spacial score (nSPS) is 14.8. The summed E-state index contributed by atoms with van der Waals surface area (Å²) in [5, 5.41) is 7.16. The Kier molecular flexibility index (Phi) is 5.81. The molecule has 25 heavy (non-hydrogen) atoms. The van der Waals surface area contributed by atoms with Gasteiger partial charge in [0.15, 0.2) is 0 Å². The Labute approximate surface area is 152 Å². The third kappa shape index (κ3) is 4.45. The molecule has 2 N–H and O–H groups in total. The van der Waals surface area contributed by atoms with Crippen molar-refractivity contribution in [2.75, 3.05) is 24.9 Å². The maximum atomic E-state index is 6.14. The number of ether oxygens (including phenoxy) is 2. The van der Waals surface area contributed by atoms with Crippen molar-refractivity contribution >= 4 is 29.1 Å². The van der Waals surface area contributed by atoms with Crippen molar-refractivity contribution in [2.24, 2.45) is 0 Å². The largest absolute Gasteiger partial charge is 0.495 e. The molecule has 3 rings (SSSR count). The molecule has 0 spiro atoms. The van der Waals surface area contributed by atoms with Gasteiger partial charge in [0.25, 0.3) is 0 Å². The Bertz CT molecular complexity index is 720. The molecular formula is C18H23ClN4O2. The van der Waals surface area contributed by atoms with Gasteiger partial charge < -0.3 is 20.1 Å². The van der Waals surface area contributed by atoms with Crippen LogP contribution in [0.15, 0.2) is 24.4 Å². The molecule has 2 aromatic rings. The summed E-state index contributed by atoms with van der Waals surface area (Å²) in [4.78, 5) is 8.84. The van der Waals surface area contributed by atoms with Crippen LogP contribution in [0.5, 0.6) is 11.5 Å². The zero-order chi connectivity index (χ0) is 17.6. The van der Waals surface area contributed by atoms with E-state index in [2.05, 4.69) is 20.6 Å². The summed E-state index contributed by atoms with van der Waals surface area (Å²) in [5.74, 6) is 2.47. The minimum absolute atomic E-state index is 0.485. The Hall–Kier alpha value is -2.21. The van der Waals surface area contributed by atoms with Crippen molar-refractivity contribution in [1.29, 1.82) is 0 Å². The Morgan fingerprint density at radius 2 is 1.84 bits per heavy atom. The molecule has 0 amide bonds. The van der Waals surface area contributed by atoms with Gasteiger partial charge in [-0.3, -0.25) is 0 Å². The zero-order valence-electron chi connectivity index (χ0n) is 14.5. The fraction of sp³-hybridized carbons (Fsp3) is 0.444. The highest BCUT2D eigenvalue weighted by Gasteiger charge is 2.15. The minimum atomic E-state index is 0.485. The first-order valence-corrected chi connectivity index (χ1v) is 8.85. The van der Waals surface area contributed by atoms with E-state index in [1.807, 2.05) is 6.07 Å². The standard InChI is InChI=1S/C18H23ClN4O2/c1-24-15-11-14(16(25-2)10-13(15)19)22-18-20-9-8-17(23-18)21-12-6-4-3-5-7-12/h8-12H,3-7H2,1-2H3,(H2,20,21,22,23). The van der Waals surface area contributed by atoms with Gasteiger partial charge in [-0.05, 0) is 18.9 Å².